The lowest BCUT2D eigenvalue weighted by Crippen LogP contribution is -1.91. The summed E-state index contributed by atoms with van der Waals surface area (Å²) in [7, 11) is 1.62. The number of phenolic OH excluding ortho intramolecular Hbond substituents is 1. The molecule has 0 aliphatic heterocycles. The summed E-state index contributed by atoms with van der Waals surface area (Å²) in [5, 5.41) is 11.0. The van der Waals surface area contributed by atoms with Gasteiger partial charge in [0.15, 0.2) is 0 Å². The lowest BCUT2D eigenvalue weighted by molar-refractivity contribution is 0.407. The summed E-state index contributed by atoms with van der Waals surface area (Å²) in [6.45, 7) is 0. The Hall–Kier alpha value is -2.00. The third kappa shape index (κ3) is 2.78. The van der Waals surface area contributed by atoms with Crippen LogP contribution < -0.4 is 4.74 Å². The summed E-state index contributed by atoms with van der Waals surface area (Å²) >= 11 is 1.84. The van der Waals surface area contributed by atoms with Gasteiger partial charge in [-0.1, -0.05) is 18.2 Å². The van der Waals surface area contributed by atoms with Crippen molar-refractivity contribution in [2.75, 3.05) is 7.11 Å². The molecule has 0 radical (unpaired) electrons. The number of phenols is 1. The van der Waals surface area contributed by atoms with Gasteiger partial charge in [-0.3, -0.25) is 0 Å². The van der Waals surface area contributed by atoms with Crippen LogP contribution in [0.1, 0.15) is 10.4 Å². The van der Waals surface area contributed by atoms with Crippen molar-refractivity contribution in [3.05, 3.63) is 59.0 Å². The second-order valence-corrected chi connectivity index (χ2v) is 5.96. The van der Waals surface area contributed by atoms with E-state index in [1.54, 1.807) is 19.2 Å². The van der Waals surface area contributed by atoms with Crippen LogP contribution >= 0.6 is 11.3 Å². The lowest BCUT2D eigenvalue weighted by atomic mass is 10.1. The molecule has 0 fully saturated rings. The zero-order valence-corrected chi connectivity index (χ0v) is 12.1. The highest BCUT2D eigenvalue weighted by atomic mass is 32.1. The smallest absolute Gasteiger partial charge is 0.122 e. The van der Waals surface area contributed by atoms with Crippen LogP contribution in [0.15, 0.2) is 48.5 Å². The summed E-state index contributed by atoms with van der Waals surface area (Å²) in [6.07, 6.45) is 1.88. The van der Waals surface area contributed by atoms with Crippen molar-refractivity contribution in [2.24, 2.45) is 0 Å². The van der Waals surface area contributed by atoms with Crippen molar-refractivity contribution < 1.29 is 9.84 Å². The van der Waals surface area contributed by atoms with Gasteiger partial charge in [-0.15, -0.1) is 11.3 Å². The van der Waals surface area contributed by atoms with Gasteiger partial charge in [0.1, 0.15) is 11.5 Å². The number of aryl methyl sites for hydroxylation is 2. The molecule has 1 heterocycles. The molecule has 0 spiro atoms. The Kier molecular flexibility index (Phi) is 3.61. The molecule has 102 valence electrons. The predicted octanol–water partition coefficient (Wildman–Crippen LogP) is 4.40. The minimum atomic E-state index is 0.260. The molecule has 0 aliphatic rings. The summed E-state index contributed by atoms with van der Waals surface area (Å²) in [5.41, 5.74) is 1.10. The van der Waals surface area contributed by atoms with Gasteiger partial charge in [0.2, 0.25) is 0 Å². The number of benzene rings is 2. The fraction of sp³-hybridized carbons (Fsp3) is 0.176. The van der Waals surface area contributed by atoms with E-state index in [0.717, 1.165) is 18.4 Å². The lowest BCUT2D eigenvalue weighted by Gasteiger charge is -2.05. The zero-order chi connectivity index (χ0) is 13.9. The van der Waals surface area contributed by atoms with E-state index in [1.807, 2.05) is 17.4 Å². The molecule has 0 saturated heterocycles. The highest BCUT2D eigenvalue weighted by molar-refractivity contribution is 7.19. The molecule has 2 nitrogen and oxygen atoms in total. The Morgan fingerprint density at radius 2 is 1.90 bits per heavy atom. The normalized spacial score (nSPS) is 10.8. The molecule has 3 rings (SSSR count). The molecule has 1 N–H and O–H groups in total. The average molecular weight is 284 g/mol. The van der Waals surface area contributed by atoms with Crippen LogP contribution in [0.3, 0.4) is 0 Å². The first-order valence-electron chi connectivity index (χ1n) is 6.59. The van der Waals surface area contributed by atoms with Crippen LogP contribution in [0.25, 0.3) is 10.1 Å². The molecule has 0 atom stereocenters. The van der Waals surface area contributed by atoms with E-state index in [-0.39, 0.29) is 5.75 Å². The Bertz CT molecular complexity index is 698. The van der Waals surface area contributed by atoms with Gasteiger partial charge in [-0.05, 0) is 48.1 Å². The molecule has 0 amide bonds. The predicted molar refractivity (Wildman–Crippen MR) is 83.9 cm³/mol. The Labute approximate surface area is 122 Å². The Morgan fingerprint density at radius 1 is 1.05 bits per heavy atom. The minimum absolute atomic E-state index is 0.260. The van der Waals surface area contributed by atoms with Crippen molar-refractivity contribution in [2.45, 2.75) is 12.8 Å². The maximum absolute atomic E-state index is 9.66. The second kappa shape index (κ2) is 5.55. The van der Waals surface area contributed by atoms with Gasteiger partial charge < -0.3 is 9.84 Å². The highest BCUT2D eigenvalue weighted by Crippen LogP contribution is 2.27. The Morgan fingerprint density at radius 3 is 2.70 bits per heavy atom. The summed E-state index contributed by atoms with van der Waals surface area (Å²) < 4.78 is 6.51. The first-order valence-corrected chi connectivity index (χ1v) is 7.40. The largest absolute Gasteiger partial charge is 0.508 e. The molecule has 1 aromatic heterocycles. The molecule has 3 aromatic rings. The summed E-state index contributed by atoms with van der Waals surface area (Å²) in [6, 6.07) is 16.1. The fourth-order valence-electron chi connectivity index (χ4n) is 2.33. The molecule has 3 heteroatoms. The molecule has 0 bridgehead atoms. The van der Waals surface area contributed by atoms with E-state index in [1.165, 1.54) is 15.0 Å². The van der Waals surface area contributed by atoms with Gasteiger partial charge in [0.05, 0.1) is 7.11 Å². The van der Waals surface area contributed by atoms with Gasteiger partial charge in [-0.25, -0.2) is 0 Å². The summed E-state index contributed by atoms with van der Waals surface area (Å²) in [5.74, 6) is 0.965. The third-order valence-electron chi connectivity index (χ3n) is 3.32. The fourth-order valence-corrected chi connectivity index (χ4v) is 3.40. The molecular formula is C17H16O2S. The molecular weight excluding hydrogens is 268 g/mol. The Balaban J connectivity index is 1.77. The van der Waals surface area contributed by atoms with E-state index >= 15 is 0 Å². The number of ether oxygens (including phenoxy) is 1. The second-order valence-electron chi connectivity index (χ2n) is 4.79. The highest BCUT2D eigenvalue weighted by Gasteiger charge is 2.04. The van der Waals surface area contributed by atoms with Crippen LogP contribution in [0.5, 0.6) is 11.5 Å². The van der Waals surface area contributed by atoms with Crippen LogP contribution in [0.2, 0.25) is 0 Å². The van der Waals surface area contributed by atoms with Crippen LogP contribution in [-0.2, 0) is 12.8 Å². The molecule has 0 saturated carbocycles. The van der Waals surface area contributed by atoms with Crippen molar-refractivity contribution in [3.8, 4) is 11.5 Å². The van der Waals surface area contributed by atoms with Gasteiger partial charge in [0.25, 0.3) is 0 Å². The van der Waals surface area contributed by atoms with E-state index in [4.69, 9.17) is 4.74 Å². The van der Waals surface area contributed by atoms with Crippen molar-refractivity contribution in [3.63, 3.8) is 0 Å². The standard InChI is InChI=1S/C17H16O2S/c1-19-15-9-12(8-14(18)11-15)6-7-16-10-13-4-2-3-5-17(13)20-16/h2-5,8-11,18H,6-7H2,1H3. The van der Waals surface area contributed by atoms with Crippen LogP contribution in [0.4, 0.5) is 0 Å². The first-order chi connectivity index (χ1) is 9.74. The van der Waals surface area contributed by atoms with Crippen molar-refractivity contribution in [1.29, 1.82) is 0 Å². The number of hydrogen-bond donors (Lipinski definition) is 1. The monoisotopic (exact) mass is 284 g/mol. The van der Waals surface area contributed by atoms with Gasteiger partial charge in [-0.2, -0.15) is 0 Å². The first kappa shape index (κ1) is 13.0. The van der Waals surface area contributed by atoms with Crippen LogP contribution in [-0.4, -0.2) is 12.2 Å². The minimum Gasteiger partial charge on any atom is -0.508 e. The number of thiophene rings is 1. The number of aromatic hydroxyl groups is 1. The zero-order valence-electron chi connectivity index (χ0n) is 11.3. The number of rotatable bonds is 4. The van der Waals surface area contributed by atoms with E-state index in [2.05, 4.69) is 30.3 Å². The van der Waals surface area contributed by atoms with Gasteiger partial charge >= 0.3 is 0 Å². The van der Waals surface area contributed by atoms with E-state index in [9.17, 15) is 5.11 Å². The summed E-state index contributed by atoms with van der Waals surface area (Å²) in [4.78, 5) is 1.37. The van der Waals surface area contributed by atoms with Gasteiger partial charge in [0, 0.05) is 15.6 Å². The number of hydrogen-bond acceptors (Lipinski definition) is 3. The van der Waals surface area contributed by atoms with Crippen molar-refractivity contribution in [1.82, 2.24) is 0 Å². The quantitative estimate of drug-likeness (QED) is 0.769. The van der Waals surface area contributed by atoms with Crippen molar-refractivity contribution >= 4 is 21.4 Å². The maximum Gasteiger partial charge on any atom is 0.122 e. The maximum atomic E-state index is 9.66. The van der Waals surface area contributed by atoms with Crippen LogP contribution in [0, 0.1) is 0 Å². The molecule has 0 unspecified atom stereocenters. The molecule has 20 heavy (non-hydrogen) atoms. The number of fused-ring (bicyclic) bond motifs is 1. The number of methoxy groups -OCH3 is 1. The SMILES string of the molecule is COc1cc(O)cc(CCc2cc3ccccc3s2)c1. The third-order valence-corrected chi connectivity index (χ3v) is 4.50. The van der Waals surface area contributed by atoms with E-state index in [0.29, 0.717) is 5.75 Å². The topological polar surface area (TPSA) is 29.5 Å². The van der Waals surface area contributed by atoms with E-state index < -0.39 is 0 Å². The molecule has 2 aromatic carbocycles. The molecule has 0 aliphatic carbocycles. The average Bonchev–Trinajstić information content (AvgIpc) is 2.87.